The molecule has 0 aromatic carbocycles. The van der Waals surface area contributed by atoms with Gasteiger partial charge in [-0.2, -0.15) is 0 Å². The Kier molecular flexibility index (Phi) is 5.82. The van der Waals surface area contributed by atoms with E-state index in [0.29, 0.717) is 12.1 Å². The van der Waals surface area contributed by atoms with Crippen molar-refractivity contribution in [3.8, 4) is 0 Å². The quantitative estimate of drug-likeness (QED) is 0.829. The van der Waals surface area contributed by atoms with Gasteiger partial charge in [-0.1, -0.05) is 6.92 Å². The molecule has 2 heterocycles. The summed E-state index contributed by atoms with van der Waals surface area (Å²) < 4.78 is 5.62. The van der Waals surface area contributed by atoms with Gasteiger partial charge in [0.2, 0.25) is 0 Å². The Morgan fingerprint density at radius 1 is 1.65 bits per heavy atom. The molecule has 1 N–H and O–H groups in total. The third-order valence-corrected chi connectivity index (χ3v) is 3.93. The molecule has 5 nitrogen and oxygen atoms in total. The topological polar surface area (TPSA) is 54.5 Å². The van der Waals surface area contributed by atoms with Crippen molar-refractivity contribution in [3.05, 3.63) is 23.9 Å². The minimum absolute atomic E-state index is 0.0674. The molecule has 1 fully saturated rings. The number of carbonyl (C=O) groups excluding carboxylic acids is 1. The fourth-order valence-corrected chi connectivity index (χ4v) is 2.72. The summed E-state index contributed by atoms with van der Waals surface area (Å²) in [5, 5.41) is 3.81. The molecule has 110 valence electrons. The molecular weight excluding hydrogens is 274 g/mol. The van der Waals surface area contributed by atoms with Gasteiger partial charge in [0, 0.05) is 31.4 Å². The molecule has 1 aromatic rings. The van der Waals surface area contributed by atoms with Crippen LogP contribution in [0.25, 0.3) is 0 Å². The number of nitrogens with zero attached hydrogens (tertiary/aromatic N) is 2. The van der Waals surface area contributed by atoms with Gasteiger partial charge in [-0.15, -0.1) is 11.8 Å². The van der Waals surface area contributed by atoms with E-state index in [0.717, 1.165) is 30.5 Å². The van der Waals surface area contributed by atoms with Crippen LogP contribution in [-0.2, 0) is 4.74 Å². The average Bonchev–Trinajstić information content (AvgIpc) is 2.45. The van der Waals surface area contributed by atoms with E-state index in [9.17, 15) is 4.79 Å². The summed E-state index contributed by atoms with van der Waals surface area (Å²) in [6.45, 7) is 5.14. The van der Waals surface area contributed by atoms with Crippen molar-refractivity contribution in [1.29, 1.82) is 0 Å². The number of likely N-dealkylation sites (N-methyl/N-ethyl adjacent to an activating group) is 1. The predicted molar refractivity (Wildman–Crippen MR) is 80.2 cm³/mol. The van der Waals surface area contributed by atoms with Gasteiger partial charge in [0.05, 0.1) is 17.7 Å². The first-order valence-electron chi connectivity index (χ1n) is 6.86. The smallest absolute Gasteiger partial charge is 0.251 e. The van der Waals surface area contributed by atoms with Gasteiger partial charge in [-0.25, -0.2) is 4.98 Å². The minimum Gasteiger partial charge on any atom is -0.374 e. The second-order valence-corrected chi connectivity index (χ2v) is 6.07. The lowest BCUT2D eigenvalue weighted by molar-refractivity contribution is -0.0175. The number of thioether (sulfide) groups is 1. The lowest BCUT2D eigenvalue weighted by atomic mass is 10.2. The second kappa shape index (κ2) is 7.61. The maximum absolute atomic E-state index is 12.1. The first-order valence-corrected chi connectivity index (χ1v) is 7.84. The van der Waals surface area contributed by atoms with E-state index < -0.39 is 0 Å². The van der Waals surface area contributed by atoms with Gasteiger partial charge >= 0.3 is 0 Å². The maximum atomic E-state index is 12.1. The Hall–Kier alpha value is -1.11. The zero-order valence-electron chi connectivity index (χ0n) is 12.0. The molecule has 1 saturated heterocycles. The number of aromatic nitrogens is 1. The summed E-state index contributed by atoms with van der Waals surface area (Å²) in [6, 6.07) is 3.57. The first-order chi connectivity index (χ1) is 9.69. The Morgan fingerprint density at radius 2 is 2.50 bits per heavy atom. The van der Waals surface area contributed by atoms with Gasteiger partial charge in [-0.05, 0) is 24.9 Å². The molecule has 0 bridgehead atoms. The number of rotatable bonds is 5. The van der Waals surface area contributed by atoms with Gasteiger partial charge in [0.15, 0.2) is 0 Å². The zero-order valence-corrected chi connectivity index (χ0v) is 12.8. The highest BCUT2D eigenvalue weighted by Gasteiger charge is 2.18. The van der Waals surface area contributed by atoms with E-state index in [1.807, 2.05) is 6.07 Å². The van der Waals surface area contributed by atoms with Crippen LogP contribution in [0.3, 0.4) is 0 Å². The standard InChI is InChI=1S/C14H21N3O2S/c1-3-20-13-8-11(4-5-15-13)14(18)16-9-12-10-17(2)6-7-19-12/h4-5,8,12H,3,6-7,9-10H2,1-2H3,(H,16,18)/t12-/m0/s1. The van der Waals surface area contributed by atoms with Gasteiger partial charge in [0.1, 0.15) is 0 Å². The lowest BCUT2D eigenvalue weighted by Gasteiger charge is -2.30. The summed E-state index contributed by atoms with van der Waals surface area (Å²) in [5.74, 6) is 0.877. The Bertz CT molecular complexity index is 456. The molecule has 1 aliphatic heterocycles. The molecule has 0 unspecified atom stereocenters. The van der Waals surface area contributed by atoms with Crippen molar-refractivity contribution >= 4 is 17.7 Å². The van der Waals surface area contributed by atoms with Crippen LogP contribution < -0.4 is 5.32 Å². The van der Waals surface area contributed by atoms with Crippen molar-refractivity contribution in [2.45, 2.75) is 18.1 Å². The van der Waals surface area contributed by atoms with Crippen LogP contribution in [0.1, 0.15) is 17.3 Å². The second-order valence-electron chi connectivity index (χ2n) is 4.78. The molecular formula is C14H21N3O2S. The highest BCUT2D eigenvalue weighted by molar-refractivity contribution is 7.99. The van der Waals surface area contributed by atoms with Crippen LogP contribution in [0, 0.1) is 0 Å². The number of hydrogen-bond donors (Lipinski definition) is 1. The number of pyridine rings is 1. The predicted octanol–water partition coefficient (Wildman–Crippen LogP) is 1.25. The van der Waals surface area contributed by atoms with E-state index in [1.54, 1.807) is 24.0 Å². The van der Waals surface area contributed by atoms with Crippen LogP contribution in [0.4, 0.5) is 0 Å². The largest absolute Gasteiger partial charge is 0.374 e. The molecule has 20 heavy (non-hydrogen) atoms. The molecule has 0 aliphatic carbocycles. The zero-order chi connectivity index (χ0) is 14.4. The first kappa shape index (κ1) is 15.3. The molecule has 1 atom stereocenters. The molecule has 0 radical (unpaired) electrons. The van der Waals surface area contributed by atoms with Crippen LogP contribution in [0.15, 0.2) is 23.4 Å². The Labute approximate surface area is 124 Å². The fourth-order valence-electron chi connectivity index (χ4n) is 2.08. The number of carbonyl (C=O) groups is 1. The molecule has 1 aliphatic rings. The molecule has 2 rings (SSSR count). The summed E-state index contributed by atoms with van der Waals surface area (Å²) in [4.78, 5) is 18.5. The van der Waals surface area contributed by atoms with Gasteiger partial charge in [0.25, 0.3) is 5.91 Å². The Morgan fingerprint density at radius 3 is 3.25 bits per heavy atom. The SMILES string of the molecule is CCSc1cc(C(=O)NC[C@H]2CN(C)CCO2)ccn1. The lowest BCUT2D eigenvalue weighted by Crippen LogP contribution is -2.45. The fraction of sp³-hybridized carbons (Fsp3) is 0.571. The van der Waals surface area contributed by atoms with Crippen LogP contribution in [0.5, 0.6) is 0 Å². The van der Waals surface area contributed by atoms with Gasteiger partial charge in [-0.3, -0.25) is 4.79 Å². The highest BCUT2D eigenvalue weighted by atomic mass is 32.2. The number of morpholine rings is 1. The summed E-state index contributed by atoms with van der Waals surface area (Å²) >= 11 is 1.63. The number of nitrogens with one attached hydrogen (secondary N) is 1. The average molecular weight is 295 g/mol. The van der Waals surface area contributed by atoms with E-state index >= 15 is 0 Å². The summed E-state index contributed by atoms with van der Waals surface area (Å²) in [7, 11) is 2.06. The normalized spacial score (nSPS) is 19.8. The number of amides is 1. The van der Waals surface area contributed by atoms with Crippen molar-refractivity contribution in [2.75, 3.05) is 39.0 Å². The maximum Gasteiger partial charge on any atom is 0.251 e. The minimum atomic E-state index is -0.0674. The van der Waals surface area contributed by atoms with Crippen LogP contribution in [-0.4, -0.2) is 60.9 Å². The molecule has 0 saturated carbocycles. The van der Waals surface area contributed by atoms with E-state index in [-0.39, 0.29) is 12.0 Å². The number of ether oxygens (including phenoxy) is 1. The monoisotopic (exact) mass is 295 g/mol. The van der Waals surface area contributed by atoms with Crippen LogP contribution >= 0.6 is 11.8 Å². The van der Waals surface area contributed by atoms with E-state index in [2.05, 4.69) is 29.2 Å². The molecule has 1 amide bonds. The summed E-state index contributed by atoms with van der Waals surface area (Å²) in [5.41, 5.74) is 0.653. The van der Waals surface area contributed by atoms with Crippen molar-refractivity contribution in [3.63, 3.8) is 0 Å². The van der Waals surface area contributed by atoms with E-state index in [4.69, 9.17) is 4.74 Å². The van der Waals surface area contributed by atoms with E-state index in [1.165, 1.54) is 0 Å². The Balaban J connectivity index is 1.86. The number of hydrogen-bond acceptors (Lipinski definition) is 5. The molecule has 6 heteroatoms. The molecule has 1 aromatic heterocycles. The summed E-state index contributed by atoms with van der Waals surface area (Å²) in [6.07, 6.45) is 1.75. The highest BCUT2D eigenvalue weighted by Crippen LogP contribution is 2.15. The third-order valence-electron chi connectivity index (χ3n) is 3.12. The van der Waals surface area contributed by atoms with Crippen molar-refractivity contribution in [2.24, 2.45) is 0 Å². The van der Waals surface area contributed by atoms with Crippen LogP contribution in [0.2, 0.25) is 0 Å². The van der Waals surface area contributed by atoms with Crippen molar-refractivity contribution in [1.82, 2.24) is 15.2 Å². The molecule has 0 spiro atoms. The van der Waals surface area contributed by atoms with Crippen molar-refractivity contribution < 1.29 is 9.53 Å². The van der Waals surface area contributed by atoms with Gasteiger partial charge < -0.3 is 15.0 Å². The third kappa shape index (κ3) is 4.47.